The summed E-state index contributed by atoms with van der Waals surface area (Å²) < 4.78 is 1.35. The van der Waals surface area contributed by atoms with E-state index in [2.05, 4.69) is 15.7 Å². The predicted octanol–water partition coefficient (Wildman–Crippen LogP) is 3.57. The van der Waals surface area contributed by atoms with Gasteiger partial charge in [-0.3, -0.25) is 14.4 Å². The Labute approximate surface area is 168 Å². The number of fused-ring (bicyclic) bond motifs is 1. The van der Waals surface area contributed by atoms with Gasteiger partial charge in [0.25, 0.3) is 11.5 Å². The number of amides is 2. The zero-order valence-electron chi connectivity index (χ0n) is 16.9. The van der Waals surface area contributed by atoms with Gasteiger partial charge in [0.15, 0.2) is 5.69 Å². The lowest BCUT2D eigenvalue weighted by Gasteiger charge is -2.15. The largest absolute Gasteiger partial charge is 0.326 e. The first-order valence-electron chi connectivity index (χ1n) is 9.46. The van der Waals surface area contributed by atoms with Crippen LogP contribution in [0.2, 0.25) is 0 Å². The van der Waals surface area contributed by atoms with Crippen molar-refractivity contribution < 1.29 is 9.59 Å². The molecule has 7 heteroatoms. The van der Waals surface area contributed by atoms with Gasteiger partial charge >= 0.3 is 0 Å². The van der Waals surface area contributed by atoms with Gasteiger partial charge in [-0.15, -0.1) is 0 Å². The number of hydrogen-bond acceptors (Lipinski definition) is 4. The van der Waals surface area contributed by atoms with E-state index in [9.17, 15) is 14.4 Å². The van der Waals surface area contributed by atoms with Gasteiger partial charge in [0.1, 0.15) is 0 Å². The average Bonchev–Trinajstić information content (AvgIpc) is 2.66. The molecule has 2 N–H and O–H groups in total. The summed E-state index contributed by atoms with van der Waals surface area (Å²) >= 11 is 0. The molecule has 2 amide bonds. The minimum absolute atomic E-state index is 0.185. The van der Waals surface area contributed by atoms with Crippen molar-refractivity contribution in [2.24, 2.45) is 5.92 Å². The van der Waals surface area contributed by atoms with Crippen molar-refractivity contribution in [3.8, 4) is 0 Å². The second-order valence-electron chi connectivity index (χ2n) is 7.39. The smallest absolute Gasteiger partial charge is 0.276 e. The Morgan fingerprint density at radius 1 is 1.00 bits per heavy atom. The summed E-state index contributed by atoms with van der Waals surface area (Å²) in [6, 6.07) is 12.2. The fraction of sp³-hybridized carbons (Fsp3) is 0.273. The normalized spacial score (nSPS) is 10.9. The highest BCUT2D eigenvalue weighted by Gasteiger charge is 2.18. The number of carbonyl (C=O) groups is 2. The number of hydrogen-bond donors (Lipinski definition) is 2. The second-order valence-corrected chi connectivity index (χ2v) is 7.39. The molecule has 1 heterocycles. The summed E-state index contributed by atoms with van der Waals surface area (Å²) in [7, 11) is 0. The van der Waals surface area contributed by atoms with Gasteiger partial charge < -0.3 is 10.6 Å². The first-order valence-corrected chi connectivity index (χ1v) is 9.46. The molecular weight excluding hydrogens is 368 g/mol. The molecule has 0 spiro atoms. The van der Waals surface area contributed by atoms with Crippen LogP contribution in [0.15, 0.2) is 47.3 Å². The molecule has 0 unspecified atom stereocenters. The Kier molecular flexibility index (Phi) is 5.77. The van der Waals surface area contributed by atoms with E-state index in [-0.39, 0.29) is 23.1 Å². The maximum absolute atomic E-state index is 13.1. The van der Waals surface area contributed by atoms with Gasteiger partial charge in [0.2, 0.25) is 5.91 Å². The van der Waals surface area contributed by atoms with Crippen molar-refractivity contribution in [3.05, 3.63) is 64.1 Å². The standard InChI is InChI=1S/C22H24N4O3/c1-13(2)12-26-22(29)17-9-6-5-8-16(17)20(25-26)21(28)24-19-11-7-10-18(14(19)3)23-15(4)27/h5-11,13H,12H2,1-4H3,(H,23,27)(H,24,28). The Morgan fingerprint density at radius 2 is 1.62 bits per heavy atom. The molecule has 0 saturated carbocycles. The molecule has 0 saturated heterocycles. The molecular formula is C22H24N4O3. The van der Waals surface area contributed by atoms with E-state index in [0.717, 1.165) is 5.56 Å². The van der Waals surface area contributed by atoms with Gasteiger partial charge in [0.05, 0.1) is 5.39 Å². The monoisotopic (exact) mass is 392 g/mol. The molecule has 1 aromatic heterocycles. The van der Waals surface area contributed by atoms with Crippen LogP contribution in [-0.4, -0.2) is 21.6 Å². The second kappa shape index (κ2) is 8.26. The molecule has 0 fully saturated rings. The first-order chi connectivity index (χ1) is 13.8. The van der Waals surface area contributed by atoms with Gasteiger partial charge in [-0.2, -0.15) is 5.10 Å². The van der Waals surface area contributed by atoms with Crippen molar-refractivity contribution in [2.75, 3.05) is 10.6 Å². The summed E-state index contributed by atoms with van der Waals surface area (Å²) in [6.07, 6.45) is 0. The molecule has 0 aliphatic carbocycles. The summed E-state index contributed by atoms with van der Waals surface area (Å²) in [4.78, 5) is 37.2. The van der Waals surface area contributed by atoms with Gasteiger partial charge in [-0.1, -0.05) is 38.1 Å². The SMILES string of the molecule is CC(=O)Nc1cccc(NC(=O)c2nn(CC(C)C)c(=O)c3ccccc23)c1C. The van der Waals surface area contributed by atoms with Crippen LogP contribution in [0.4, 0.5) is 11.4 Å². The summed E-state index contributed by atoms with van der Waals surface area (Å²) in [6.45, 7) is 7.63. The van der Waals surface area contributed by atoms with Crippen molar-refractivity contribution >= 4 is 34.0 Å². The fourth-order valence-electron chi connectivity index (χ4n) is 3.15. The lowest BCUT2D eigenvalue weighted by atomic mass is 10.1. The van der Waals surface area contributed by atoms with E-state index < -0.39 is 5.91 Å². The quantitative estimate of drug-likeness (QED) is 0.694. The maximum atomic E-state index is 13.1. The Bertz CT molecular complexity index is 1150. The Morgan fingerprint density at radius 3 is 2.24 bits per heavy atom. The Balaban J connectivity index is 2.05. The van der Waals surface area contributed by atoms with E-state index in [1.54, 1.807) is 42.5 Å². The van der Waals surface area contributed by atoms with Gasteiger partial charge in [0, 0.05) is 30.2 Å². The minimum atomic E-state index is -0.415. The van der Waals surface area contributed by atoms with Crippen molar-refractivity contribution in [2.45, 2.75) is 34.2 Å². The zero-order valence-corrected chi connectivity index (χ0v) is 16.9. The van der Waals surface area contributed by atoms with Crippen LogP contribution in [0.3, 0.4) is 0 Å². The van der Waals surface area contributed by atoms with Crippen LogP contribution in [-0.2, 0) is 11.3 Å². The third-order valence-electron chi connectivity index (χ3n) is 4.51. The molecule has 0 atom stereocenters. The lowest BCUT2D eigenvalue weighted by molar-refractivity contribution is -0.114. The highest BCUT2D eigenvalue weighted by Crippen LogP contribution is 2.24. The topological polar surface area (TPSA) is 93.1 Å². The van der Waals surface area contributed by atoms with Crippen LogP contribution >= 0.6 is 0 Å². The molecule has 3 aromatic rings. The number of benzene rings is 2. The molecule has 0 aliphatic heterocycles. The van der Waals surface area contributed by atoms with Crippen LogP contribution in [0, 0.1) is 12.8 Å². The van der Waals surface area contributed by atoms with Crippen molar-refractivity contribution in [1.29, 1.82) is 0 Å². The number of nitrogens with zero attached hydrogens (tertiary/aromatic N) is 2. The number of aromatic nitrogens is 2. The number of rotatable bonds is 5. The minimum Gasteiger partial charge on any atom is -0.326 e. The van der Waals surface area contributed by atoms with Gasteiger partial charge in [-0.25, -0.2) is 4.68 Å². The third kappa shape index (κ3) is 4.34. The van der Waals surface area contributed by atoms with Crippen LogP contribution in [0.5, 0.6) is 0 Å². The molecule has 0 radical (unpaired) electrons. The third-order valence-corrected chi connectivity index (χ3v) is 4.51. The lowest BCUT2D eigenvalue weighted by Crippen LogP contribution is -2.29. The molecule has 29 heavy (non-hydrogen) atoms. The average molecular weight is 392 g/mol. The zero-order chi connectivity index (χ0) is 21.1. The van der Waals surface area contributed by atoms with E-state index in [4.69, 9.17) is 0 Å². The molecule has 150 valence electrons. The van der Waals surface area contributed by atoms with E-state index in [0.29, 0.717) is 28.7 Å². The van der Waals surface area contributed by atoms with Gasteiger partial charge in [-0.05, 0) is 36.6 Å². The maximum Gasteiger partial charge on any atom is 0.276 e. The van der Waals surface area contributed by atoms with Crippen molar-refractivity contribution in [3.63, 3.8) is 0 Å². The van der Waals surface area contributed by atoms with E-state index in [1.165, 1.54) is 11.6 Å². The molecule has 0 bridgehead atoms. The predicted molar refractivity (Wildman–Crippen MR) is 114 cm³/mol. The summed E-state index contributed by atoms with van der Waals surface area (Å²) in [5, 5.41) is 10.9. The number of carbonyl (C=O) groups excluding carboxylic acids is 2. The first kappa shape index (κ1) is 20.3. The molecule has 3 rings (SSSR count). The van der Waals surface area contributed by atoms with Crippen LogP contribution in [0.1, 0.15) is 36.8 Å². The molecule has 0 aliphatic rings. The number of anilines is 2. The fourth-order valence-corrected chi connectivity index (χ4v) is 3.15. The summed E-state index contributed by atoms with van der Waals surface area (Å²) in [5.41, 5.74) is 1.89. The molecule has 2 aromatic carbocycles. The number of nitrogens with one attached hydrogen (secondary N) is 2. The molecule has 7 nitrogen and oxygen atoms in total. The van der Waals surface area contributed by atoms with Crippen LogP contribution < -0.4 is 16.2 Å². The van der Waals surface area contributed by atoms with Crippen LogP contribution in [0.25, 0.3) is 10.8 Å². The van der Waals surface area contributed by atoms with Crippen molar-refractivity contribution in [1.82, 2.24) is 9.78 Å². The Hall–Kier alpha value is -3.48. The highest BCUT2D eigenvalue weighted by atomic mass is 16.2. The highest BCUT2D eigenvalue weighted by molar-refractivity contribution is 6.11. The van der Waals surface area contributed by atoms with E-state index >= 15 is 0 Å². The summed E-state index contributed by atoms with van der Waals surface area (Å²) in [5.74, 6) is -0.402. The van der Waals surface area contributed by atoms with E-state index in [1.807, 2.05) is 20.8 Å².